The van der Waals surface area contributed by atoms with Crippen molar-refractivity contribution in [1.29, 1.82) is 0 Å². The average molecular weight is 355 g/mol. The van der Waals surface area contributed by atoms with Gasteiger partial charge in [0.25, 0.3) is 0 Å². The molecule has 0 bridgehead atoms. The van der Waals surface area contributed by atoms with E-state index in [9.17, 15) is 0 Å². The first kappa shape index (κ1) is 18.5. The molecule has 0 aliphatic carbocycles. The van der Waals surface area contributed by atoms with Gasteiger partial charge in [-0.3, -0.25) is 4.99 Å². The Labute approximate surface area is 155 Å². The summed E-state index contributed by atoms with van der Waals surface area (Å²) >= 11 is 0. The van der Waals surface area contributed by atoms with Gasteiger partial charge in [-0.1, -0.05) is 18.2 Å². The van der Waals surface area contributed by atoms with E-state index in [4.69, 9.17) is 9.84 Å². The number of para-hydroxylation sites is 1. The Kier molecular flexibility index (Phi) is 5.93. The van der Waals surface area contributed by atoms with Crippen LogP contribution in [0.15, 0.2) is 35.3 Å². The zero-order valence-electron chi connectivity index (χ0n) is 16.2. The van der Waals surface area contributed by atoms with Crippen LogP contribution in [0.1, 0.15) is 23.4 Å². The highest BCUT2D eigenvalue weighted by molar-refractivity contribution is 5.79. The van der Waals surface area contributed by atoms with E-state index in [2.05, 4.69) is 48.2 Å². The van der Waals surface area contributed by atoms with E-state index < -0.39 is 0 Å². The van der Waals surface area contributed by atoms with E-state index in [0.717, 1.165) is 49.2 Å². The van der Waals surface area contributed by atoms with E-state index in [1.54, 1.807) is 0 Å². The van der Waals surface area contributed by atoms with E-state index in [1.165, 1.54) is 5.56 Å². The van der Waals surface area contributed by atoms with Crippen LogP contribution in [0, 0.1) is 19.8 Å². The molecule has 1 saturated heterocycles. The van der Waals surface area contributed by atoms with Crippen LogP contribution in [0.25, 0.3) is 5.69 Å². The molecule has 140 valence electrons. The fourth-order valence-electron chi connectivity index (χ4n) is 3.50. The Bertz CT molecular complexity index is 747. The smallest absolute Gasteiger partial charge is 0.193 e. The molecule has 6 heteroatoms. The maximum atomic E-state index is 5.48. The molecular formula is C20H29N5O. The number of aromatic nitrogens is 2. The Balaban J connectivity index is 1.67. The molecule has 0 saturated carbocycles. The summed E-state index contributed by atoms with van der Waals surface area (Å²) in [5, 5.41) is 8.21. The highest BCUT2D eigenvalue weighted by atomic mass is 16.5. The number of rotatable bonds is 5. The number of ether oxygens (including phenoxy) is 1. The van der Waals surface area contributed by atoms with Gasteiger partial charge in [-0.15, -0.1) is 0 Å². The molecule has 1 aromatic carbocycles. The number of benzene rings is 1. The minimum Gasteiger partial charge on any atom is -0.381 e. The summed E-state index contributed by atoms with van der Waals surface area (Å²) in [6.45, 7) is 7.58. The molecule has 1 unspecified atom stereocenters. The Morgan fingerprint density at radius 1 is 1.35 bits per heavy atom. The summed E-state index contributed by atoms with van der Waals surface area (Å²) in [5.41, 5.74) is 4.50. The summed E-state index contributed by atoms with van der Waals surface area (Å²) in [6.07, 6.45) is 1.13. The summed E-state index contributed by atoms with van der Waals surface area (Å²) in [5.74, 6) is 1.49. The summed E-state index contributed by atoms with van der Waals surface area (Å²) in [7, 11) is 3.91. The average Bonchev–Trinajstić information content (AvgIpc) is 3.25. The predicted octanol–water partition coefficient (Wildman–Crippen LogP) is 2.53. The van der Waals surface area contributed by atoms with Crippen LogP contribution >= 0.6 is 0 Å². The zero-order chi connectivity index (χ0) is 18.5. The van der Waals surface area contributed by atoms with Crippen LogP contribution in [-0.4, -0.2) is 54.5 Å². The lowest BCUT2D eigenvalue weighted by Crippen LogP contribution is -2.41. The SMILES string of the molecule is CN=C(NCc1c(C)nn(-c2ccccc2)c1C)N(C)CC1CCOC1. The second kappa shape index (κ2) is 8.36. The Hall–Kier alpha value is -2.34. The fraction of sp³-hybridized carbons (Fsp3) is 0.500. The van der Waals surface area contributed by atoms with Gasteiger partial charge in [0.2, 0.25) is 0 Å². The van der Waals surface area contributed by atoms with E-state index >= 15 is 0 Å². The van der Waals surface area contributed by atoms with Crippen LogP contribution in [-0.2, 0) is 11.3 Å². The maximum absolute atomic E-state index is 5.48. The first-order valence-electron chi connectivity index (χ1n) is 9.20. The third-order valence-corrected chi connectivity index (χ3v) is 4.99. The van der Waals surface area contributed by atoms with E-state index in [1.807, 2.05) is 29.9 Å². The molecule has 1 aromatic heterocycles. The Morgan fingerprint density at radius 3 is 2.77 bits per heavy atom. The largest absolute Gasteiger partial charge is 0.381 e. The summed E-state index contributed by atoms with van der Waals surface area (Å²) in [6, 6.07) is 10.2. The van der Waals surface area contributed by atoms with Crippen molar-refractivity contribution < 1.29 is 4.74 Å². The number of hydrogen-bond acceptors (Lipinski definition) is 3. The van der Waals surface area contributed by atoms with Crippen LogP contribution in [0.4, 0.5) is 0 Å². The van der Waals surface area contributed by atoms with Gasteiger partial charge in [-0.2, -0.15) is 5.10 Å². The monoisotopic (exact) mass is 355 g/mol. The molecule has 2 heterocycles. The fourth-order valence-corrected chi connectivity index (χ4v) is 3.50. The van der Waals surface area contributed by atoms with Gasteiger partial charge in [0.05, 0.1) is 18.0 Å². The molecule has 0 amide bonds. The Morgan fingerprint density at radius 2 is 2.12 bits per heavy atom. The highest BCUT2D eigenvalue weighted by Gasteiger charge is 2.19. The number of nitrogens with zero attached hydrogens (tertiary/aromatic N) is 4. The number of hydrogen-bond donors (Lipinski definition) is 1. The first-order valence-corrected chi connectivity index (χ1v) is 9.20. The number of aliphatic imine (C=N–C) groups is 1. The van der Waals surface area contributed by atoms with Gasteiger partial charge < -0.3 is 15.0 Å². The van der Waals surface area contributed by atoms with Crippen LogP contribution in [0.2, 0.25) is 0 Å². The van der Waals surface area contributed by atoms with E-state index in [-0.39, 0.29) is 0 Å². The molecule has 3 rings (SSSR count). The molecule has 1 aliphatic heterocycles. The van der Waals surface area contributed by atoms with Crippen molar-refractivity contribution >= 4 is 5.96 Å². The quantitative estimate of drug-likeness (QED) is 0.661. The van der Waals surface area contributed by atoms with Crippen molar-refractivity contribution in [1.82, 2.24) is 20.0 Å². The topological polar surface area (TPSA) is 54.7 Å². The van der Waals surface area contributed by atoms with Crippen molar-refractivity contribution in [2.24, 2.45) is 10.9 Å². The van der Waals surface area contributed by atoms with Crippen LogP contribution in [0.5, 0.6) is 0 Å². The van der Waals surface area contributed by atoms with Crippen molar-refractivity contribution in [3.8, 4) is 5.69 Å². The first-order chi connectivity index (χ1) is 12.6. The van der Waals surface area contributed by atoms with Crippen LogP contribution in [0.3, 0.4) is 0 Å². The maximum Gasteiger partial charge on any atom is 0.193 e. The van der Waals surface area contributed by atoms with Crippen molar-refractivity contribution in [3.63, 3.8) is 0 Å². The molecular weight excluding hydrogens is 326 g/mol. The molecule has 1 fully saturated rings. The second-order valence-corrected chi connectivity index (χ2v) is 6.91. The minimum atomic E-state index is 0.586. The predicted molar refractivity (Wildman–Crippen MR) is 105 cm³/mol. The third-order valence-electron chi connectivity index (χ3n) is 4.99. The molecule has 26 heavy (non-hydrogen) atoms. The van der Waals surface area contributed by atoms with Crippen LogP contribution < -0.4 is 5.32 Å². The van der Waals surface area contributed by atoms with Crippen molar-refractivity contribution in [3.05, 3.63) is 47.3 Å². The zero-order valence-corrected chi connectivity index (χ0v) is 16.2. The number of guanidine groups is 1. The van der Waals surface area contributed by atoms with Gasteiger partial charge in [0, 0.05) is 51.0 Å². The number of aryl methyl sites for hydroxylation is 1. The minimum absolute atomic E-state index is 0.586. The van der Waals surface area contributed by atoms with Gasteiger partial charge in [0.15, 0.2) is 5.96 Å². The van der Waals surface area contributed by atoms with Gasteiger partial charge in [-0.05, 0) is 32.4 Å². The molecule has 1 N–H and O–H groups in total. The van der Waals surface area contributed by atoms with Crippen molar-refractivity contribution in [2.45, 2.75) is 26.8 Å². The summed E-state index contributed by atoms with van der Waals surface area (Å²) in [4.78, 5) is 6.62. The molecule has 1 aliphatic rings. The molecule has 6 nitrogen and oxygen atoms in total. The molecule has 0 spiro atoms. The lowest BCUT2D eigenvalue weighted by atomic mass is 10.1. The number of nitrogens with one attached hydrogen (secondary N) is 1. The van der Waals surface area contributed by atoms with Gasteiger partial charge >= 0.3 is 0 Å². The molecule has 2 aromatic rings. The lowest BCUT2D eigenvalue weighted by molar-refractivity contribution is 0.181. The standard InChI is InChI=1S/C20H29N5O/c1-15-19(16(2)25(23-15)18-8-6-5-7-9-18)12-22-20(21-3)24(4)13-17-10-11-26-14-17/h5-9,17H,10-14H2,1-4H3,(H,21,22). The molecule has 0 radical (unpaired) electrons. The van der Waals surface area contributed by atoms with E-state index in [0.29, 0.717) is 12.5 Å². The lowest BCUT2D eigenvalue weighted by Gasteiger charge is -2.24. The highest BCUT2D eigenvalue weighted by Crippen LogP contribution is 2.18. The van der Waals surface area contributed by atoms with Gasteiger partial charge in [-0.25, -0.2) is 4.68 Å². The van der Waals surface area contributed by atoms with Gasteiger partial charge in [0.1, 0.15) is 0 Å². The molecule has 1 atom stereocenters. The second-order valence-electron chi connectivity index (χ2n) is 6.91. The third kappa shape index (κ3) is 4.07. The normalized spacial score (nSPS) is 17.5. The van der Waals surface area contributed by atoms with Crippen molar-refractivity contribution in [2.75, 3.05) is 33.9 Å². The summed E-state index contributed by atoms with van der Waals surface area (Å²) < 4.78 is 7.49.